The van der Waals surface area contributed by atoms with E-state index in [1.807, 2.05) is 0 Å². The van der Waals surface area contributed by atoms with E-state index < -0.39 is 5.82 Å². The standard InChI is InChI=1S/C13H8Cl3FO/c14-9-1-3-11(16)8(5-9)7-18-13-4-2-10(15)6-12(13)17/h1-6H,7H2. The molecule has 0 heterocycles. The van der Waals surface area contributed by atoms with Gasteiger partial charge in [-0.15, -0.1) is 0 Å². The Bertz CT molecular complexity index is 572. The Morgan fingerprint density at radius 3 is 2.33 bits per heavy atom. The average molecular weight is 306 g/mol. The summed E-state index contributed by atoms with van der Waals surface area (Å²) in [6.45, 7) is 0.137. The lowest BCUT2D eigenvalue weighted by molar-refractivity contribution is 0.290. The van der Waals surface area contributed by atoms with Gasteiger partial charge in [-0.3, -0.25) is 0 Å². The molecule has 0 bridgehead atoms. The zero-order chi connectivity index (χ0) is 13.1. The van der Waals surface area contributed by atoms with Crippen molar-refractivity contribution in [3.63, 3.8) is 0 Å². The summed E-state index contributed by atoms with van der Waals surface area (Å²) in [5.41, 5.74) is 0.693. The van der Waals surface area contributed by atoms with Crippen molar-refractivity contribution >= 4 is 34.8 Å². The second kappa shape index (κ2) is 5.79. The molecule has 0 radical (unpaired) electrons. The van der Waals surface area contributed by atoms with E-state index in [4.69, 9.17) is 39.5 Å². The first kappa shape index (κ1) is 13.5. The summed E-state index contributed by atoms with van der Waals surface area (Å²) in [4.78, 5) is 0. The quantitative estimate of drug-likeness (QED) is 0.741. The van der Waals surface area contributed by atoms with Crippen LogP contribution in [0.4, 0.5) is 4.39 Å². The largest absolute Gasteiger partial charge is 0.486 e. The highest BCUT2D eigenvalue weighted by Gasteiger charge is 2.06. The molecule has 94 valence electrons. The van der Waals surface area contributed by atoms with Gasteiger partial charge in [-0.2, -0.15) is 0 Å². The third-order valence-electron chi connectivity index (χ3n) is 2.28. The van der Waals surface area contributed by atoms with E-state index in [1.54, 1.807) is 24.3 Å². The Morgan fingerprint density at radius 1 is 0.944 bits per heavy atom. The van der Waals surface area contributed by atoms with Gasteiger partial charge >= 0.3 is 0 Å². The topological polar surface area (TPSA) is 9.23 Å². The second-order valence-corrected chi connectivity index (χ2v) is 4.88. The van der Waals surface area contributed by atoms with Crippen LogP contribution in [-0.4, -0.2) is 0 Å². The van der Waals surface area contributed by atoms with Crippen LogP contribution in [0.2, 0.25) is 15.1 Å². The van der Waals surface area contributed by atoms with Gasteiger partial charge in [-0.25, -0.2) is 4.39 Å². The number of ether oxygens (including phenoxy) is 1. The third-order valence-corrected chi connectivity index (χ3v) is 3.12. The van der Waals surface area contributed by atoms with Crippen LogP contribution in [0.25, 0.3) is 0 Å². The summed E-state index contributed by atoms with van der Waals surface area (Å²) in [6, 6.07) is 9.24. The van der Waals surface area contributed by atoms with Gasteiger partial charge < -0.3 is 4.74 Å². The monoisotopic (exact) mass is 304 g/mol. The van der Waals surface area contributed by atoms with Crippen molar-refractivity contribution in [1.82, 2.24) is 0 Å². The minimum Gasteiger partial charge on any atom is -0.486 e. The Kier molecular flexibility index (Phi) is 4.33. The molecular formula is C13H8Cl3FO. The molecule has 1 nitrogen and oxygen atoms in total. The predicted molar refractivity (Wildman–Crippen MR) is 72.2 cm³/mol. The fourth-order valence-corrected chi connectivity index (χ4v) is 1.93. The number of benzene rings is 2. The maximum Gasteiger partial charge on any atom is 0.166 e. The summed E-state index contributed by atoms with van der Waals surface area (Å²) in [7, 11) is 0. The normalized spacial score (nSPS) is 10.4. The number of hydrogen-bond donors (Lipinski definition) is 0. The van der Waals surface area contributed by atoms with E-state index >= 15 is 0 Å². The van der Waals surface area contributed by atoms with Crippen molar-refractivity contribution in [2.24, 2.45) is 0 Å². The van der Waals surface area contributed by atoms with Gasteiger partial charge in [-0.1, -0.05) is 34.8 Å². The molecule has 0 unspecified atom stereocenters. The lowest BCUT2D eigenvalue weighted by atomic mass is 10.2. The lowest BCUT2D eigenvalue weighted by Crippen LogP contribution is -1.98. The van der Waals surface area contributed by atoms with E-state index in [9.17, 15) is 4.39 Å². The summed E-state index contributed by atoms with van der Waals surface area (Å²) < 4.78 is 18.8. The maximum atomic E-state index is 13.5. The van der Waals surface area contributed by atoms with Crippen LogP contribution in [0.1, 0.15) is 5.56 Å². The van der Waals surface area contributed by atoms with Crippen molar-refractivity contribution in [2.75, 3.05) is 0 Å². The van der Waals surface area contributed by atoms with Crippen LogP contribution in [0, 0.1) is 5.82 Å². The second-order valence-electron chi connectivity index (χ2n) is 3.60. The highest BCUT2D eigenvalue weighted by molar-refractivity contribution is 6.33. The van der Waals surface area contributed by atoms with Gasteiger partial charge in [0.05, 0.1) is 0 Å². The first-order valence-electron chi connectivity index (χ1n) is 5.08. The van der Waals surface area contributed by atoms with Crippen LogP contribution in [0.3, 0.4) is 0 Å². The van der Waals surface area contributed by atoms with Crippen molar-refractivity contribution in [2.45, 2.75) is 6.61 Å². The third kappa shape index (κ3) is 3.29. The molecule has 0 N–H and O–H groups in total. The summed E-state index contributed by atoms with van der Waals surface area (Å²) in [6.07, 6.45) is 0. The maximum absolute atomic E-state index is 13.5. The molecule has 0 atom stereocenters. The Labute approximate surface area is 119 Å². The van der Waals surface area contributed by atoms with E-state index in [0.29, 0.717) is 20.6 Å². The molecule has 0 fully saturated rings. The fourth-order valence-electron chi connectivity index (χ4n) is 1.40. The minimum atomic E-state index is -0.513. The van der Waals surface area contributed by atoms with Gasteiger partial charge in [0.2, 0.25) is 0 Å². The van der Waals surface area contributed by atoms with Gasteiger partial charge in [0.15, 0.2) is 11.6 Å². The zero-order valence-electron chi connectivity index (χ0n) is 9.09. The van der Waals surface area contributed by atoms with Crippen molar-refractivity contribution in [1.29, 1.82) is 0 Å². The molecule has 2 aromatic rings. The highest BCUT2D eigenvalue weighted by Crippen LogP contribution is 2.25. The predicted octanol–water partition coefficient (Wildman–Crippen LogP) is 5.36. The van der Waals surface area contributed by atoms with Crippen LogP contribution in [-0.2, 0) is 6.61 Å². The van der Waals surface area contributed by atoms with E-state index in [0.717, 1.165) is 0 Å². The van der Waals surface area contributed by atoms with Crippen LogP contribution in [0.5, 0.6) is 5.75 Å². The minimum absolute atomic E-state index is 0.121. The van der Waals surface area contributed by atoms with Crippen molar-refractivity contribution in [3.8, 4) is 5.75 Å². The number of hydrogen-bond acceptors (Lipinski definition) is 1. The Morgan fingerprint density at radius 2 is 1.61 bits per heavy atom. The molecule has 0 saturated heterocycles. The van der Waals surface area contributed by atoms with Gasteiger partial charge in [0.1, 0.15) is 6.61 Å². The molecule has 0 aromatic heterocycles. The van der Waals surface area contributed by atoms with Crippen molar-refractivity contribution in [3.05, 3.63) is 62.8 Å². The molecule has 0 aliphatic heterocycles. The lowest BCUT2D eigenvalue weighted by Gasteiger charge is -2.09. The Balaban J connectivity index is 2.13. The summed E-state index contributed by atoms with van der Waals surface area (Å²) >= 11 is 17.5. The van der Waals surface area contributed by atoms with Gasteiger partial charge in [0.25, 0.3) is 0 Å². The average Bonchev–Trinajstić information content (AvgIpc) is 2.32. The first-order valence-corrected chi connectivity index (χ1v) is 6.21. The summed E-state index contributed by atoms with van der Waals surface area (Å²) in [5, 5.41) is 1.39. The molecule has 0 aliphatic rings. The fraction of sp³-hybridized carbons (Fsp3) is 0.0769. The van der Waals surface area contributed by atoms with E-state index in [2.05, 4.69) is 0 Å². The molecular weight excluding hydrogens is 297 g/mol. The highest BCUT2D eigenvalue weighted by atomic mass is 35.5. The van der Waals surface area contributed by atoms with Crippen LogP contribution >= 0.6 is 34.8 Å². The molecule has 0 aliphatic carbocycles. The molecule has 2 aromatic carbocycles. The van der Waals surface area contributed by atoms with Gasteiger partial charge in [-0.05, 0) is 36.4 Å². The first-order chi connectivity index (χ1) is 8.56. The molecule has 0 saturated carbocycles. The number of halogens is 4. The number of rotatable bonds is 3. The zero-order valence-corrected chi connectivity index (χ0v) is 11.4. The SMILES string of the molecule is Fc1cc(Cl)ccc1OCc1cc(Cl)ccc1Cl. The smallest absolute Gasteiger partial charge is 0.166 e. The summed E-state index contributed by atoms with van der Waals surface area (Å²) in [5.74, 6) is -0.393. The van der Waals surface area contributed by atoms with E-state index in [1.165, 1.54) is 12.1 Å². The van der Waals surface area contributed by atoms with Crippen LogP contribution < -0.4 is 4.74 Å². The van der Waals surface area contributed by atoms with Crippen molar-refractivity contribution < 1.29 is 9.13 Å². The molecule has 0 spiro atoms. The molecule has 0 amide bonds. The van der Waals surface area contributed by atoms with Gasteiger partial charge in [0, 0.05) is 20.6 Å². The van der Waals surface area contributed by atoms with E-state index in [-0.39, 0.29) is 12.4 Å². The van der Waals surface area contributed by atoms with Crippen LogP contribution in [0.15, 0.2) is 36.4 Å². The Hall–Kier alpha value is -0.960. The molecule has 18 heavy (non-hydrogen) atoms. The molecule has 2 rings (SSSR count). The molecule has 5 heteroatoms.